The third kappa shape index (κ3) is 4.72. The van der Waals surface area contributed by atoms with E-state index in [4.69, 9.17) is 20.8 Å². The van der Waals surface area contributed by atoms with Crippen LogP contribution in [0.1, 0.15) is 27.8 Å². The van der Waals surface area contributed by atoms with Gasteiger partial charge in [0.05, 0.1) is 18.6 Å². The van der Waals surface area contributed by atoms with Crippen LogP contribution in [0.2, 0.25) is 5.02 Å². The molecule has 0 bridgehead atoms. The Bertz CT molecular complexity index is 939. The highest BCUT2D eigenvalue weighted by molar-refractivity contribution is 6.30. The topological polar surface area (TPSA) is 80.6 Å². The van der Waals surface area contributed by atoms with Crippen molar-refractivity contribution in [1.82, 2.24) is 5.32 Å². The van der Waals surface area contributed by atoms with E-state index < -0.39 is 12.1 Å². The summed E-state index contributed by atoms with van der Waals surface area (Å²) in [6.45, 7) is 2.33. The first-order valence-electron chi connectivity index (χ1n) is 8.71. The normalized spacial score (nSPS) is 11.5. The second-order valence-corrected chi connectivity index (χ2v) is 6.26. The summed E-state index contributed by atoms with van der Waals surface area (Å²) in [6.07, 6.45) is 0.350. The molecule has 0 fully saturated rings. The fourth-order valence-corrected chi connectivity index (χ4v) is 2.71. The summed E-state index contributed by atoms with van der Waals surface area (Å²) in [5.41, 5.74) is 0.979. The predicted molar refractivity (Wildman–Crippen MR) is 107 cm³/mol. The van der Waals surface area contributed by atoms with Crippen molar-refractivity contribution < 1.29 is 18.7 Å². The maximum Gasteiger partial charge on any atom is 0.288 e. The van der Waals surface area contributed by atoms with E-state index in [0.717, 1.165) is 0 Å². The molecule has 0 radical (unpaired) electrons. The zero-order chi connectivity index (χ0) is 19.9. The number of nitrogens with one attached hydrogen (secondary N) is 2. The Balaban J connectivity index is 1.88. The van der Waals surface area contributed by atoms with Crippen LogP contribution in [0.15, 0.2) is 71.3 Å². The molecule has 144 valence electrons. The van der Waals surface area contributed by atoms with Gasteiger partial charge in [-0.05, 0) is 55.5 Å². The van der Waals surface area contributed by atoms with E-state index >= 15 is 0 Å². The summed E-state index contributed by atoms with van der Waals surface area (Å²) in [5, 5.41) is 6.24. The molecule has 0 aliphatic heterocycles. The summed E-state index contributed by atoms with van der Waals surface area (Å²) in [7, 11) is 0. The molecule has 0 aliphatic rings. The maximum atomic E-state index is 13.0. The number of para-hydroxylation sites is 2. The van der Waals surface area contributed by atoms with Crippen LogP contribution in [0.3, 0.4) is 0 Å². The van der Waals surface area contributed by atoms with Crippen molar-refractivity contribution in [3.63, 3.8) is 0 Å². The summed E-state index contributed by atoms with van der Waals surface area (Å²) < 4.78 is 10.7. The van der Waals surface area contributed by atoms with Gasteiger partial charge in [-0.3, -0.25) is 9.59 Å². The van der Waals surface area contributed by atoms with Gasteiger partial charge >= 0.3 is 0 Å². The van der Waals surface area contributed by atoms with Gasteiger partial charge in [0.25, 0.3) is 5.91 Å². The number of benzene rings is 2. The number of ether oxygens (including phenoxy) is 1. The fourth-order valence-electron chi connectivity index (χ4n) is 2.58. The number of hydrogen-bond donors (Lipinski definition) is 2. The second-order valence-electron chi connectivity index (χ2n) is 5.83. The monoisotopic (exact) mass is 398 g/mol. The van der Waals surface area contributed by atoms with Gasteiger partial charge in [0, 0.05) is 10.6 Å². The molecule has 3 rings (SSSR count). The van der Waals surface area contributed by atoms with E-state index in [1.54, 1.807) is 42.5 Å². The molecule has 2 aromatic carbocycles. The molecule has 1 amide bonds. The minimum Gasteiger partial charge on any atom is -0.492 e. The smallest absolute Gasteiger partial charge is 0.288 e. The highest BCUT2D eigenvalue weighted by atomic mass is 35.5. The quantitative estimate of drug-likeness (QED) is 0.434. The molecule has 1 aromatic heterocycles. The number of carbonyl (C=O) groups excluding carboxylic acids is 2. The highest BCUT2D eigenvalue weighted by Crippen LogP contribution is 2.25. The van der Waals surface area contributed by atoms with Gasteiger partial charge in [0.1, 0.15) is 5.75 Å². The zero-order valence-corrected chi connectivity index (χ0v) is 15.9. The van der Waals surface area contributed by atoms with Crippen LogP contribution >= 0.6 is 11.6 Å². The Kier molecular flexibility index (Phi) is 6.34. The van der Waals surface area contributed by atoms with Crippen molar-refractivity contribution in [1.29, 1.82) is 0 Å². The van der Waals surface area contributed by atoms with E-state index in [1.165, 1.54) is 12.3 Å². The van der Waals surface area contributed by atoms with Gasteiger partial charge in [0.2, 0.25) is 5.78 Å². The molecule has 28 heavy (non-hydrogen) atoms. The molecule has 0 aliphatic carbocycles. The lowest BCUT2D eigenvalue weighted by Gasteiger charge is -2.21. The number of hydrogen-bond acceptors (Lipinski definition) is 5. The summed E-state index contributed by atoms with van der Waals surface area (Å²) in [4.78, 5) is 25.5. The van der Waals surface area contributed by atoms with Gasteiger partial charge in [-0.15, -0.1) is 0 Å². The van der Waals surface area contributed by atoms with Crippen LogP contribution < -0.4 is 15.4 Å². The number of furan rings is 1. The Morgan fingerprint density at radius 3 is 2.50 bits per heavy atom. The summed E-state index contributed by atoms with van der Waals surface area (Å²) >= 11 is 5.91. The van der Waals surface area contributed by atoms with Crippen LogP contribution in [0.5, 0.6) is 5.75 Å². The summed E-state index contributed by atoms with van der Waals surface area (Å²) in [5.74, 6) is -0.165. The van der Waals surface area contributed by atoms with Crippen molar-refractivity contribution in [2.24, 2.45) is 0 Å². The van der Waals surface area contributed by atoms with Crippen LogP contribution in [0, 0.1) is 0 Å². The number of anilines is 1. The number of carbonyl (C=O) groups is 2. The SMILES string of the molecule is CCOc1ccccc1N[C@@H](NC(=O)c1ccco1)C(=O)c1ccc(Cl)cc1. The average molecular weight is 399 g/mol. The van der Waals surface area contributed by atoms with Crippen LogP contribution in [-0.4, -0.2) is 24.5 Å². The predicted octanol–water partition coefficient (Wildman–Crippen LogP) is 4.38. The number of ketones is 1. The summed E-state index contributed by atoms with van der Waals surface area (Å²) in [6, 6.07) is 16.8. The van der Waals surface area contributed by atoms with E-state index in [2.05, 4.69) is 10.6 Å². The first kappa shape index (κ1) is 19.5. The maximum absolute atomic E-state index is 13.0. The third-order valence-corrected chi connectivity index (χ3v) is 4.15. The van der Waals surface area contributed by atoms with Gasteiger partial charge < -0.3 is 19.8 Å². The minimum absolute atomic E-state index is 0.105. The van der Waals surface area contributed by atoms with E-state index in [9.17, 15) is 9.59 Å². The van der Waals surface area contributed by atoms with Gasteiger partial charge in [-0.1, -0.05) is 23.7 Å². The molecule has 0 saturated carbocycles. The Hall–Kier alpha value is -3.25. The Morgan fingerprint density at radius 2 is 1.82 bits per heavy atom. The fraction of sp³-hybridized carbons (Fsp3) is 0.143. The highest BCUT2D eigenvalue weighted by Gasteiger charge is 2.24. The lowest BCUT2D eigenvalue weighted by molar-refractivity contribution is 0.0852. The molecular formula is C21H19ClN2O4. The second kappa shape index (κ2) is 9.10. The van der Waals surface area contributed by atoms with Gasteiger partial charge in [-0.25, -0.2) is 0 Å². The van der Waals surface area contributed by atoms with E-state index in [0.29, 0.717) is 28.6 Å². The van der Waals surface area contributed by atoms with Crippen molar-refractivity contribution in [3.8, 4) is 5.75 Å². The molecule has 0 unspecified atom stereocenters. The molecule has 1 heterocycles. The van der Waals surface area contributed by atoms with E-state index in [1.807, 2.05) is 19.1 Å². The molecule has 3 aromatic rings. The van der Waals surface area contributed by atoms with Crippen molar-refractivity contribution >= 4 is 29.0 Å². The molecule has 0 spiro atoms. The minimum atomic E-state index is -1.04. The lowest BCUT2D eigenvalue weighted by Crippen LogP contribution is -2.46. The van der Waals surface area contributed by atoms with Crippen molar-refractivity contribution in [3.05, 3.63) is 83.3 Å². The Labute approximate surface area is 167 Å². The van der Waals surface area contributed by atoms with Crippen LogP contribution in [-0.2, 0) is 0 Å². The standard InChI is InChI=1S/C21H19ClN2O4/c1-2-27-17-7-4-3-6-16(17)23-20(24-21(26)18-8-5-13-28-18)19(25)14-9-11-15(22)12-10-14/h3-13,20,23H,2H2,1H3,(H,24,26)/t20-/m0/s1. The van der Waals surface area contributed by atoms with Crippen molar-refractivity contribution in [2.75, 3.05) is 11.9 Å². The molecule has 2 N–H and O–H groups in total. The van der Waals surface area contributed by atoms with Gasteiger partial charge in [-0.2, -0.15) is 0 Å². The molecule has 6 nitrogen and oxygen atoms in total. The first-order valence-corrected chi connectivity index (χ1v) is 9.09. The van der Waals surface area contributed by atoms with Crippen molar-refractivity contribution in [2.45, 2.75) is 13.1 Å². The van der Waals surface area contributed by atoms with E-state index in [-0.39, 0.29) is 11.5 Å². The first-order chi connectivity index (χ1) is 13.6. The van der Waals surface area contributed by atoms with Gasteiger partial charge in [0.15, 0.2) is 11.9 Å². The molecule has 7 heteroatoms. The van der Waals surface area contributed by atoms with Crippen LogP contribution in [0.25, 0.3) is 0 Å². The molecule has 0 saturated heterocycles. The number of rotatable bonds is 8. The molecular weight excluding hydrogens is 380 g/mol. The molecule has 1 atom stereocenters. The Morgan fingerprint density at radius 1 is 1.07 bits per heavy atom. The average Bonchev–Trinajstić information content (AvgIpc) is 3.24. The lowest BCUT2D eigenvalue weighted by atomic mass is 10.1. The number of Topliss-reactive ketones (excluding diaryl/α,β-unsaturated/α-hetero) is 1. The van der Waals surface area contributed by atoms with Crippen LogP contribution in [0.4, 0.5) is 5.69 Å². The zero-order valence-electron chi connectivity index (χ0n) is 15.1. The number of halogens is 1. The third-order valence-electron chi connectivity index (χ3n) is 3.90. The largest absolute Gasteiger partial charge is 0.492 e. The number of amides is 1.